The summed E-state index contributed by atoms with van der Waals surface area (Å²) in [6.45, 7) is 1.47. The molecule has 4 aliphatic rings. The Morgan fingerprint density at radius 3 is 2.38 bits per heavy atom. The maximum Gasteiger partial charge on any atom is 0.307 e. The van der Waals surface area contributed by atoms with Crippen molar-refractivity contribution in [1.29, 1.82) is 0 Å². The molecule has 1 aromatic carbocycles. The molecule has 2 N–H and O–H groups in total. The summed E-state index contributed by atoms with van der Waals surface area (Å²) in [6.07, 6.45) is 5.06. The Morgan fingerprint density at radius 1 is 1.08 bits per heavy atom. The summed E-state index contributed by atoms with van der Waals surface area (Å²) in [5, 5.41) is 12.5. The van der Waals surface area contributed by atoms with Gasteiger partial charge in [0, 0.05) is 11.3 Å². The van der Waals surface area contributed by atoms with Crippen LogP contribution in [0.5, 0.6) is 0 Å². The number of benzene rings is 1. The summed E-state index contributed by atoms with van der Waals surface area (Å²) in [4.78, 5) is 36.1. The van der Waals surface area contributed by atoms with Gasteiger partial charge in [-0.2, -0.15) is 0 Å². The van der Waals surface area contributed by atoms with Crippen molar-refractivity contribution < 1.29 is 19.5 Å². The Balaban J connectivity index is 1.59. The smallest absolute Gasteiger partial charge is 0.307 e. The van der Waals surface area contributed by atoms with Crippen molar-refractivity contribution >= 4 is 23.3 Å². The summed E-state index contributed by atoms with van der Waals surface area (Å²) in [5.74, 6) is -1.54. The van der Waals surface area contributed by atoms with Gasteiger partial charge in [0.25, 0.3) is 0 Å². The molecule has 0 spiro atoms. The predicted octanol–water partition coefficient (Wildman–Crippen LogP) is 2.60. The highest BCUT2D eigenvalue weighted by Gasteiger charge is 2.62. The van der Waals surface area contributed by atoms with Crippen LogP contribution in [0.1, 0.15) is 23.7 Å². The van der Waals surface area contributed by atoms with Crippen LogP contribution in [0.25, 0.3) is 0 Å². The fraction of sp³-hybridized carbons (Fsp3) is 0.421. The Labute approximate surface area is 139 Å². The van der Waals surface area contributed by atoms with Gasteiger partial charge in [0.05, 0.1) is 11.8 Å². The van der Waals surface area contributed by atoms with Crippen LogP contribution in [0.3, 0.4) is 0 Å². The number of carbonyl (C=O) groups is 3. The lowest BCUT2D eigenvalue weighted by atomic mass is 9.62. The Bertz CT molecular complexity index is 768. The summed E-state index contributed by atoms with van der Waals surface area (Å²) in [5.41, 5.74) is 1.06. The van der Waals surface area contributed by atoms with Crippen molar-refractivity contribution in [2.24, 2.45) is 35.5 Å². The number of aliphatic carboxylic acids is 1. The number of anilines is 1. The van der Waals surface area contributed by atoms with Crippen molar-refractivity contribution in [3.05, 3.63) is 42.0 Å². The number of allylic oxidation sites excluding steroid dienone is 2. The highest BCUT2D eigenvalue weighted by molar-refractivity contribution is 5.99. The molecule has 24 heavy (non-hydrogen) atoms. The molecule has 5 rings (SSSR count). The summed E-state index contributed by atoms with van der Waals surface area (Å²) >= 11 is 0. The SMILES string of the molecule is CC(=O)c1cccc(NC(=O)[C@@H]2[C@H]3C=C[C@@H]([C@@H]4C[C@@H]34)[C@H]2C(=O)O)c1. The molecule has 6 atom stereocenters. The van der Waals surface area contributed by atoms with E-state index in [1.54, 1.807) is 24.3 Å². The first-order valence-corrected chi connectivity index (χ1v) is 8.30. The lowest BCUT2D eigenvalue weighted by Crippen LogP contribution is -2.48. The summed E-state index contributed by atoms with van der Waals surface area (Å²) in [6, 6.07) is 6.76. The standard InChI is InChI=1S/C19H19NO4/c1-9(21)10-3-2-4-11(7-10)20-18(22)16-12-5-6-13(15-8-14(12)15)17(16)19(23)24/h2-7,12-17H,8H2,1H3,(H,20,22)(H,23,24)/t12-,13-,14-,15-,16+,17+/m0/s1. The monoisotopic (exact) mass is 325 g/mol. The number of carbonyl (C=O) groups excluding carboxylic acids is 2. The summed E-state index contributed by atoms with van der Waals surface area (Å²) < 4.78 is 0. The molecular weight excluding hydrogens is 306 g/mol. The van der Waals surface area contributed by atoms with Crippen LogP contribution in [0.15, 0.2) is 36.4 Å². The second kappa shape index (κ2) is 5.30. The van der Waals surface area contributed by atoms with Crippen molar-refractivity contribution in [3.8, 4) is 0 Å². The molecule has 0 heterocycles. The predicted molar refractivity (Wildman–Crippen MR) is 87.4 cm³/mol. The highest BCUT2D eigenvalue weighted by Crippen LogP contribution is 2.63. The van der Waals surface area contributed by atoms with E-state index in [-0.39, 0.29) is 23.5 Å². The van der Waals surface area contributed by atoms with Crippen LogP contribution in [0, 0.1) is 35.5 Å². The van der Waals surface area contributed by atoms with Gasteiger partial charge >= 0.3 is 5.97 Å². The third-order valence-electron chi connectivity index (χ3n) is 5.78. The van der Waals surface area contributed by atoms with Crippen LogP contribution >= 0.6 is 0 Å². The Hall–Kier alpha value is -2.43. The van der Waals surface area contributed by atoms with E-state index in [0.717, 1.165) is 6.42 Å². The molecule has 0 unspecified atom stereocenters. The van der Waals surface area contributed by atoms with E-state index in [1.165, 1.54) is 6.92 Å². The van der Waals surface area contributed by atoms with Crippen molar-refractivity contribution in [3.63, 3.8) is 0 Å². The zero-order valence-corrected chi connectivity index (χ0v) is 13.3. The lowest BCUT2D eigenvalue weighted by molar-refractivity contribution is -0.152. The molecule has 0 aromatic heterocycles. The molecule has 0 saturated heterocycles. The van der Waals surface area contributed by atoms with Gasteiger partial charge in [-0.1, -0.05) is 24.3 Å². The lowest BCUT2D eigenvalue weighted by Gasteiger charge is -2.41. The van der Waals surface area contributed by atoms with E-state index < -0.39 is 17.8 Å². The second-order valence-corrected chi connectivity index (χ2v) is 7.12. The largest absolute Gasteiger partial charge is 0.481 e. The molecule has 2 saturated carbocycles. The highest BCUT2D eigenvalue weighted by atomic mass is 16.4. The second-order valence-electron chi connectivity index (χ2n) is 7.12. The maximum atomic E-state index is 12.8. The molecule has 5 nitrogen and oxygen atoms in total. The Morgan fingerprint density at radius 2 is 1.75 bits per heavy atom. The number of carboxylic acids is 1. The van der Waals surface area contributed by atoms with Crippen LogP contribution < -0.4 is 5.32 Å². The van der Waals surface area contributed by atoms with Crippen LogP contribution in [-0.4, -0.2) is 22.8 Å². The van der Waals surface area contributed by atoms with E-state index in [9.17, 15) is 19.5 Å². The first-order chi connectivity index (χ1) is 11.5. The fourth-order valence-electron chi connectivity index (χ4n) is 4.61. The minimum Gasteiger partial charge on any atom is -0.481 e. The van der Waals surface area contributed by atoms with Gasteiger partial charge in [0.2, 0.25) is 5.91 Å². The van der Waals surface area contributed by atoms with Gasteiger partial charge in [-0.25, -0.2) is 0 Å². The molecule has 0 aliphatic heterocycles. The van der Waals surface area contributed by atoms with Gasteiger partial charge in [-0.05, 0) is 49.1 Å². The van der Waals surface area contributed by atoms with Crippen LogP contribution in [-0.2, 0) is 9.59 Å². The zero-order chi connectivity index (χ0) is 17.0. The topological polar surface area (TPSA) is 83.5 Å². The molecule has 1 amide bonds. The summed E-state index contributed by atoms with van der Waals surface area (Å²) in [7, 11) is 0. The Kier molecular flexibility index (Phi) is 3.34. The quantitative estimate of drug-likeness (QED) is 0.658. The molecule has 124 valence electrons. The number of ketones is 1. The number of carboxylic acid groups (broad SMARTS) is 1. The van der Waals surface area contributed by atoms with Crippen molar-refractivity contribution in [1.82, 2.24) is 0 Å². The molecule has 2 fully saturated rings. The molecule has 1 aromatic rings. The zero-order valence-electron chi connectivity index (χ0n) is 13.3. The van der Waals surface area contributed by atoms with E-state index in [0.29, 0.717) is 23.1 Å². The van der Waals surface area contributed by atoms with Gasteiger partial charge < -0.3 is 10.4 Å². The van der Waals surface area contributed by atoms with E-state index in [1.807, 2.05) is 12.2 Å². The van der Waals surface area contributed by atoms with Gasteiger partial charge in [-0.15, -0.1) is 0 Å². The van der Waals surface area contributed by atoms with Gasteiger partial charge in [-0.3, -0.25) is 14.4 Å². The average molecular weight is 325 g/mol. The van der Waals surface area contributed by atoms with E-state index in [2.05, 4.69) is 5.32 Å². The van der Waals surface area contributed by atoms with E-state index >= 15 is 0 Å². The first kappa shape index (κ1) is 15.1. The number of hydrogen-bond acceptors (Lipinski definition) is 3. The first-order valence-electron chi connectivity index (χ1n) is 8.30. The maximum absolute atomic E-state index is 12.8. The number of fused-ring (bicyclic) bond motifs is 1. The van der Waals surface area contributed by atoms with Crippen molar-refractivity contribution in [2.75, 3.05) is 5.32 Å². The molecule has 2 bridgehead atoms. The molecular formula is C19H19NO4. The number of hydrogen-bond donors (Lipinski definition) is 2. The van der Waals surface area contributed by atoms with Crippen LogP contribution in [0.4, 0.5) is 5.69 Å². The number of rotatable bonds is 4. The minimum absolute atomic E-state index is 0.0112. The van der Waals surface area contributed by atoms with Crippen LogP contribution in [0.2, 0.25) is 0 Å². The van der Waals surface area contributed by atoms with E-state index in [4.69, 9.17) is 0 Å². The number of amides is 1. The minimum atomic E-state index is -0.891. The fourth-order valence-corrected chi connectivity index (χ4v) is 4.61. The van der Waals surface area contributed by atoms with Gasteiger partial charge in [0.15, 0.2) is 5.78 Å². The number of Topliss-reactive ketones (excluding diaryl/α,β-unsaturated/α-hetero) is 1. The van der Waals surface area contributed by atoms with Gasteiger partial charge in [0.1, 0.15) is 0 Å². The molecule has 0 radical (unpaired) electrons. The number of nitrogens with one attached hydrogen (secondary N) is 1. The normalized spacial score (nSPS) is 35.2. The third kappa shape index (κ3) is 2.27. The molecule has 5 heteroatoms. The third-order valence-corrected chi connectivity index (χ3v) is 5.78. The average Bonchev–Trinajstić information content (AvgIpc) is 3.36. The van der Waals surface area contributed by atoms with Crippen molar-refractivity contribution in [2.45, 2.75) is 13.3 Å². The molecule has 4 aliphatic carbocycles.